The fourth-order valence-corrected chi connectivity index (χ4v) is 1.59. The van der Waals surface area contributed by atoms with E-state index < -0.39 is 0 Å². The van der Waals surface area contributed by atoms with E-state index in [1.165, 1.54) is 10.8 Å². The monoisotopic (exact) mass is 174 g/mol. The third-order valence-electron chi connectivity index (χ3n) is 2.26. The van der Waals surface area contributed by atoms with Crippen LogP contribution < -0.4 is 18.9 Å². The van der Waals surface area contributed by atoms with E-state index in [9.17, 15) is 0 Å². The molecular formula is C12H7LiO. The van der Waals surface area contributed by atoms with Gasteiger partial charge in [-0.3, -0.25) is 0 Å². The molecule has 3 rings (SSSR count). The first kappa shape index (κ1) is 9.39. The van der Waals surface area contributed by atoms with Gasteiger partial charge in [-0.1, -0.05) is 30.3 Å². The standard InChI is InChI=1S/C12H7O.Li/c1-2-4-10-8-12-11(5-6-13-12)7-9(10)3-1;/h1-5,7-8H;/q-1;+1. The van der Waals surface area contributed by atoms with Gasteiger partial charge in [-0.2, -0.15) is 0 Å². The Morgan fingerprint density at radius 2 is 1.64 bits per heavy atom. The Morgan fingerprint density at radius 3 is 2.43 bits per heavy atom. The summed E-state index contributed by atoms with van der Waals surface area (Å²) < 4.78 is 5.20. The molecule has 0 unspecified atom stereocenters. The molecule has 0 fully saturated rings. The van der Waals surface area contributed by atoms with Crippen molar-refractivity contribution in [1.29, 1.82) is 0 Å². The minimum Gasteiger partial charge on any atom is -0.591 e. The Balaban J connectivity index is 0.000000750. The molecule has 2 aromatic carbocycles. The summed E-state index contributed by atoms with van der Waals surface area (Å²) in [7, 11) is 0. The second-order valence-corrected chi connectivity index (χ2v) is 3.10. The van der Waals surface area contributed by atoms with Gasteiger partial charge in [-0.25, -0.2) is 0 Å². The van der Waals surface area contributed by atoms with Crippen molar-refractivity contribution >= 4 is 21.7 Å². The first-order chi connectivity index (χ1) is 6.43. The molecule has 14 heavy (non-hydrogen) atoms. The van der Waals surface area contributed by atoms with Gasteiger partial charge in [0.15, 0.2) is 0 Å². The Kier molecular flexibility index (Phi) is 2.37. The molecule has 0 aliphatic rings. The summed E-state index contributed by atoms with van der Waals surface area (Å²) in [5.74, 6) is 0. The summed E-state index contributed by atoms with van der Waals surface area (Å²) in [5, 5.41) is 3.56. The summed E-state index contributed by atoms with van der Waals surface area (Å²) in [6.45, 7) is 0. The van der Waals surface area contributed by atoms with Crippen LogP contribution in [-0.4, -0.2) is 0 Å². The number of hydrogen-bond acceptors (Lipinski definition) is 1. The number of rotatable bonds is 0. The van der Waals surface area contributed by atoms with Crippen LogP contribution in [0.2, 0.25) is 0 Å². The zero-order chi connectivity index (χ0) is 8.67. The van der Waals surface area contributed by atoms with E-state index in [0.717, 1.165) is 11.0 Å². The summed E-state index contributed by atoms with van der Waals surface area (Å²) in [5.41, 5.74) is 0.902. The molecule has 0 saturated heterocycles. The molecule has 3 aromatic rings. The third-order valence-corrected chi connectivity index (χ3v) is 2.26. The Hall–Kier alpha value is -1.16. The molecule has 0 radical (unpaired) electrons. The summed E-state index contributed by atoms with van der Waals surface area (Å²) >= 11 is 0. The van der Waals surface area contributed by atoms with E-state index in [-0.39, 0.29) is 18.9 Å². The molecule has 0 aliphatic heterocycles. The zero-order valence-electron chi connectivity index (χ0n) is 7.95. The molecule has 1 nitrogen and oxygen atoms in total. The van der Waals surface area contributed by atoms with Gasteiger partial charge in [-0.15, -0.1) is 17.5 Å². The van der Waals surface area contributed by atoms with Crippen molar-refractivity contribution in [3.8, 4) is 0 Å². The van der Waals surface area contributed by atoms with E-state index in [2.05, 4.69) is 24.5 Å². The van der Waals surface area contributed by atoms with E-state index in [4.69, 9.17) is 4.42 Å². The van der Waals surface area contributed by atoms with Crippen molar-refractivity contribution in [2.75, 3.05) is 0 Å². The first-order valence-corrected chi connectivity index (χ1v) is 4.22. The molecule has 1 aromatic heterocycles. The van der Waals surface area contributed by atoms with Crippen molar-refractivity contribution in [3.05, 3.63) is 48.7 Å². The van der Waals surface area contributed by atoms with E-state index in [1.807, 2.05) is 24.3 Å². The van der Waals surface area contributed by atoms with Gasteiger partial charge in [0.1, 0.15) is 0 Å². The number of hydrogen-bond donors (Lipinski definition) is 0. The molecule has 0 saturated carbocycles. The molecule has 0 atom stereocenters. The smallest absolute Gasteiger partial charge is 0.591 e. The van der Waals surface area contributed by atoms with Gasteiger partial charge in [0.25, 0.3) is 0 Å². The summed E-state index contributed by atoms with van der Waals surface area (Å²) in [6.07, 6.45) is 2.74. The van der Waals surface area contributed by atoms with E-state index in [1.54, 1.807) is 0 Å². The van der Waals surface area contributed by atoms with Crippen LogP contribution in [0.1, 0.15) is 0 Å². The zero-order valence-corrected chi connectivity index (χ0v) is 7.95. The molecule has 2 heteroatoms. The number of furan rings is 1. The second-order valence-electron chi connectivity index (χ2n) is 3.10. The number of fused-ring (bicyclic) bond motifs is 2. The van der Waals surface area contributed by atoms with Gasteiger partial charge >= 0.3 is 18.9 Å². The maximum Gasteiger partial charge on any atom is 1.00 e. The predicted octanol–water partition coefficient (Wildman–Crippen LogP) is 0.390. The van der Waals surface area contributed by atoms with Crippen LogP contribution in [0.5, 0.6) is 0 Å². The fraction of sp³-hybridized carbons (Fsp3) is 0. The quantitative estimate of drug-likeness (QED) is 0.355. The van der Waals surface area contributed by atoms with Crippen molar-refractivity contribution < 1.29 is 23.3 Å². The molecule has 0 bridgehead atoms. The van der Waals surface area contributed by atoms with Crippen LogP contribution in [0, 0.1) is 6.26 Å². The largest absolute Gasteiger partial charge is 1.00 e. The van der Waals surface area contributed by atoms with Crippen molar-refractivity contribution in [2.45, 2.75) is 0 Å². The summed E-state index contributed by atoms with van der Waals surface area (Å²) in [6, 6.07) is 14.3. The minimum absolute atomic E-state index is 0. The molecule has 0 spiro atoms. The third kappa shape index (κ3) is 1.35. The summed E-state index contributed by atoms with van der Waals surface area (Å²) in [4.78, 5) is 0. The average molecular weight is 174 g/mol. The first-order valence-electron chi connectivity index (χ1n) is 4.22. The van der Waals surface area contributed by atoms with E-state index >= 15 is 0 Å². The minimum atomic E-state index is 0. The predicted molar refractivity (Wildman–Crippen MR) is 52.6 cm³/mol. The maximum atomic E-state index is 5.20. The molecule has 0 amide bonds. The van der Waals surface area contributed by atoms with Crippen molar-refractivity contribution in [3.63, 3.8) is 0 Å². The topological polar surface area (TPSA) is 13.1 Å². The van der Waals surface area contributed by atoms with Crippen LogP contribution in [-0.2, 0) is 0 Å². The second kappa shape index (κ2) is 3.53. The SMILES string of the molecule is [Li+].[c-]1cc2cc3ccccc3cc2o1. The van der Waals surface area contributed by atoms with Crippen molar-refractivity contribution in [1.82, 2.24) is 0 Å². The fourth-order valence-electron chi connectivity index (χ4n) is 1.59. The molecular weight excluding hydrogens is 167 g/mol. The van der Waals surface area contributed by atoms with Crippen LogP contribution in [0.15, 0.2) is 46.9 Å². The van der Waals surface area contributed by atoms with Gasteiger partial charge in [0, 0.05) is 0 Å². The van der Waals surface area contributed by atoms with Crippen LogP contribution in [0.4, 0.5) is 0 Å². The van der Waals surface area contributed by atoms with Crippen LogP contribution in [0.3, 0.4) is 0 Å². The van der Waals surface area contributed by atoms with Crippen molar-refractivity contribution in [2.24, 2.45) is 0 Å². The molecule has 0 N–H and O–H groups in total. The molecule has 62 valence electrons. The van der Waals surface area contributed by atoms with Gasteiger partial charge < -0.3 is 4.42 Å². The van der Waals surface area contributed by atoms with Crippen LogP contribution in [0.25, 0.3) is 21.7 Å². The number of benzene rings is 2. The van der Waals surface area contributed by atoms with Gasteiger partial charge in [-0.05, 0) is 22.6 Å². The van der Waals surface area contributed by atoms with Crippen LogP contribution >= 0.6 is 0 Å². The van der Waals surface area contributed by atoms with Gasteiger partial charge in [0.2, 0.25) is 0 Å². The van der Waals surface area contributed by atoms with E-state index in [0.29, 0.717) is 0 Å². The normalized spacial score (nSPS) is 10.3. The van der Waals surface area contributed by atoms with Gasteiger partial charge in [0.05, 0.1) is 0 Å². The maximum absolute atomic E-state index is 5.20. The Morgan fingerprint density at radius 1 is 0.929 bits per heavy atom. The molecule has 1 heterocycles. The average Bonchev–Trinajstić information content (AvgIpc) is 2.61. The Labute approximate surface area is 93.9 Å². The Bertz CT molecular complexity index is 519. The molecule has 0 aliphatic carbocycles.